The lowest BCUT2D eigenvalue weighted by Gasteiger charge is -1.96. The molecular weight excluding hydrogens is 322 g/mol. The molecule has 1 aromatic carbocycles. The minimum absolute atomic E-state index is 0.244. The van der Waals surface area contributed by atoms with Crippen LogP contribution in [0.1, 0.15) is 5.76 Å². The van der Waals surface area contributed by atoms with E-state index >= 15 is 0 Å². The SMILES string of the molecule is O=C(/C=C/c1ccco1)Nc1nc(-c2c[nH]c3ccccc23)cs1. The highest BCUT2D eigenvalue weighted by atomic mass is 32.1. The van der Waals surface area contributed by atoms with E-state index in [1.165, 1.54) is 17.4 Å². The normalized spacial score (nSPS) is 11.3. The van der Waals surface area contributed by atoms with E-state index in [1.807, 2.05) is 35.8 Å². The lowest BCUT2D eigenvalue weighted by Crippen LogP contribution is -2.07. The minimum atomic E-state index is -0.244. The Hall–Kier alpha value is -3.12. The third-order valence-corrected chi connectivity index (χ3v) is 4.30. The van der Waals surface area contributed by atoms with E-state index < -0.39 is 0 Å². The summed E-state index contributed by atoms with van der Waals surface area (Å²) in [6, 6.07) is 11.6. The first-order valence-corrected chi connectivity index (χ1v) is 8.22. The van der Waals surface area contributed by atoms with Crippen molar-refractivity contribution in [3.8, 4) is 11.3 Å². The number of hydrogen-bond donors (Lipinski definition) is 2. The lowest BCUT2D eigenvalue weighted by atomic mass is 10.1. The third kappa shape index (κ3) is 2.87. The maximum atomic E-state index is 11.9. The zero-order valence-electron chi connectivity index (χ0n) is 12.5. The number of carbonyl (C=O) groups is 1. The Morgan fingerprint density at radius 2 is 2.17 bits per heavy atom. The number of H-pyrrole nitrogens is 1. The first-order chi connectivity index (χ1) is 11.8. The number of benzene rings is 1. The Labute approximate surface area is 141 Å². The van der Waals surface area contributed by atoms with Crippen LogP contribution in [0.5, 0.6) is 0 Å². The smallest absolute Gasteiger partial charge is 0.250 e. The summed E-state index contributed by atoms with van der Waals surface area (Å²) in [5.74, 6) is 0.384. The Kier molecular flexibility index (Phi) is 3.72. The van der Waals surface area contributed by atoms with E-state index in [0.717, 1.165) is 22.2 Å². The number of aromatic amines is 1. The van der Waals surface area contributed by atoms with E-state index in [1.54, 1.807) is 24.5 Å². The van der Waals surface area contributed by atoms with Crippen molar-refractivity contribution >= 4 is 39.4 Å². The number of furan rings is 1. The zero-order chi connectivity index (χ0) is 16.4. The van der Waals surface area contributed by atoms with Gasteiger partial charge in [-0.1, -0.05) is 18.2 Å². The topological polar surface area (TPSA) is 70.9 Å². The van der Waals surface area contributed by atoms with Gasteiger partial charge in [-0.3, -0.25) is 10.1 Å². The van der Waals surface area contributed by atoms with E-state index in [2.05, 4.69) is 15.3 Å². The molecule has 3 heterocycles. The summed E-state index contributed by atoms with van der Waals surface area (Å²) >= 11 is 1.39. The summed E-state index contributed by atoms with van der Waals surface area (Å²) in [4.78, 5) is 19.7. The first kappa shape index (κ1) is 14.5. The Bertz CT molecular complexity index is 1010. The summed E-state index contributed by atoms with van der Waals surface area (Å²) in [6.07, 6.45) is 6.53. The van der Waals surface area contributed by atoms with Crippen LogP contribution in [0.4, 0.5) is 5.13 Å². The van der Waals surface area contributed by atoms with Gasteiger partial charge in [0.15, 0.2) is 5.13 Å². The van der Waals surface area contributed by atoms with Gasteiger partial charge >= 0.3 is 0 Å². The van der Waals surface area contributed by atoms with Gasteiger partial charge < -0.3 is 9.40 Å². The fourth-order valence-corrected chi connectivity index (χ4v) is 3.14. The maximum absolute atomic E-state index is 11.9. The molecule has 4 rings (SSSR count). The number of nitrogens with one attached hydrogen (secondary N) is 2. The van der Waals surface area contributed by atoms with Crippen molar-refractivity contribution in [1.29, 1.82) is 0 Å². The van der Waals surface area contributed by atoms with Gasteiger partial charge in [0.25, 0.3) is 0 Å². The van der Waals surface area contributed by atoms with Gasteiger partial charge in [-0.15, -0.1) is 11.3 Å². The third-order valence-electron chi connectivity index (χ3n) is 3.54. The average Bonchev–Trinajstić information content (AvgIpc) is 3.33. The molecule has 118 valence electrons. The highest BCUT2D eigenvalue weighted by Crippen LogP contribution is 2.30. The average molecular weight is 335 g/mol. The van der Waals surface area contributed by atoms with Crippen LogP contribution in [0.3, 0.4) is 0 Å². The Morgan fingerprint density at radius 3 is 3.04 bits per heavy atom. The molecule has 1 amide bonds. The molecule has 24 heavy (non-hydrogen) atoms. The number of nitrogens with zero attached hydrogens (tertiary/aromatic N) is 1. The van der Waals surface area contributed by atoms with Crippen molar-refractivity contribution in [2.45, 2.75) is 0 Å². The monoisotopic (exact) mass is 335 g/mol. The predicted octanol–water partition coefficient (Wildman–Crippen LogP) is 4.54. The van der Waals surface area contributed by atoms with Gasteiger partial charge in [0.05, 0.1) is 12.0 Å². The van der Waals surface area contributed by atoms with Gasteiger partial charge in [0, 0.05) is 34.1 Å². The van der Waals surface area contributed by atoms with E-state index in [-0.39, 0.29) is 5.91 Å². The number of anilines is 1. The van der Waals surface area contributed by atoms with Crippen molar-refractivity contribution in [2.24, 2.45) is 0 Å². The maximum Gasteiger partial charge on any atom is 0.250 e. The van der Waals surface area contributed by atoms with E-state index in [9.17, 15) is 4.79 Å². The molecule has 0 saturated carbocycles. The van der Waals surface area contributed by atoms with E-state index in [0.29, 0.717) is 10.9 Å². The Balaban J connectivity index is 1.51. The molecule has 6 heteroatoms. The van der Waals surface area contributed by atoms with E-state index in [4.69, 9.17) is 4.42 Å². The van der Waals surface area contributed by atoms with Crippen LogP contribution in [0.2, 0.25) is 0 Å². The van der Waals surface area contributed by atoms with Crippen LogP contribution >= 0.6 is 11.3 Å². The van der Waals surface area contributed by atoms with Crippen molar-refractivity contribution in [3.05, 3.63) is 66.1 Å². The lowest BCUT2D eigenvalue weighted by molar-refractivity contribution is -0.111. The number of carbonyl (C=O) groups excluding carboxylic acids is 1. The standard InChI is InChI=1S/C18H13N3O2S/c22-17(8-7-12-4-3-9-23-12)21-18-20-16(11-24-18)14-10-19-15-6-2-1-5-13(14)15/h1-11,19H,(H,20,21,22)/b8-7+. The van der Waals surface area contributed by atoms with Crippen LogP contribution < -0.4 is 5.32 Å². The largest absolute Gasteiger partial charge is 0.465 e. The molecule has 0 fully saturated rings. The van der Waals surface area contributed by atoms with Crippen molar-refractivity contribution in [2.75, 3.05) is 5.32 Å². The zero-order valence-corrected chi connectivity index (χ0v) is 13.3. The summed E-state index contributed by atoms with van der Waals surface area (Å²) in [5, 5.41) is 6.37. The molecule has 2 N–H and O–H groups in total. The number of rotatable bonds is 4. The molecule has 5 nitrogen and oxygen atoms in total. The number of para-hydroxylation sites is 1. The highest BCUT2D eigenvalue weighted by molar-refractivity contribution is 7.14. The predicted molar refractivity (Wildman–Crippen MR) is 95.8 cm³/mol. The van der Waals surface area contributed by atoms with Crippen LogP contribution in [-0.2, 0) is 4.79 Å². The molecular formula is C18H13N3O2S. The van der Waals surface area contributed by atoms with Gasteiger partial charge in [0.1, 0.15) is 5.76 Å². The van der Waals surface area contributed by atoms with Crippen molar-refractivity contribution < 1.29 is 9.21 Å². The number of amides is 1. The van der Waals surface area contributed by atoms with Gasteiger partial charge in [-0.05, 0) is 24.3 Å². The summed E-state index contributed by atoms with van der Waals surface area (Å²) in [7, 11) is 0. The summed E-state index contributed by atoms with van der Waals surface area (Å²) < 4.78 is 5.14. The number of hydrogen-bond acceptors (Lipinski definition) is 4. The molecule has 0 unspecified atom stereocenters. The van der Waals surface area contributed by atoms with Crippen LogP contribution in [0.25, 0.3) is 28.2 Å². The second-order valence-electron chi connectivity index (χ2n) is 5.12. The fraction of sp³-hybridized carbons (Fsp3) is 0. The highest BCUT2D eigenvalue weighted by Gasteiger charge is 2.10. The molecule has 0 aliphatic carbocycles. The van der Waals surface area contributed by atoms with Gasteiger partial charge in [0.2, 0.25) is 5.91 Å². The number of fused-ring (bicyclic) bond motifs is 1. The minimum Gasteiger partial charge on any atom is -0.465 e. The second kappa shape index (κ2) is 6.17. The van der Waals surface area contributed by atoms with Gasteiger partial charge in [-0.2, -0.15) is 0 Å². The summed E-state index contributed by atoms with van der Waals surface area (Å²) in [6.45, 7) is 0. The molecule has 0 aliphatic rings. The molecule has 0 atom stereocenters. The van der Waals surface area contributed by atoms with Crippen LogP contribution in [-0.4, -0.2) is 15.9 Å². The first-order valence-electron chi connectivity index (χ1n) is 7.34. The molecule has 0 radical (unpaired) electrons. The number of thiazole rings is 1. The fourth-order valence-electron chi connectivity index (χ4n) is 2.43. The van der Waals surface area contributed by atoms with Crippen LogP contribution in [0.15, 0.2) is 64.7 Å². The molecule has 0 aliphatic heterocycles. The quantitative estimate of drug-likeness (QED) is 0.538. The van der Waals surface area contributed by atoms with Gasteiger partial charge in [-0.25, -0.2) is 4.98 Å². The molecule has 0 bridgehead atoms. The second-order valence-corrected chi connectivity index (χ2v) is 5.98. The van der Waals surface area contributed by atoms with Crippen molar-refractivity contribution in [3.63, 3.8) is 0 Å². The van der Waals surface area contributed by atoms with Crippen LogP contribution in [0, 0.1) is 0 Å². The number of aromatic nitrogens is 2. The summed E-state index contributed by atoms with van der Waals surface area (Å²) in [5.41, 5.74) is 2.92. The molecule has 0 spiro atoms. The van der Waals surface area contributed by atoms with Crippen molar-refractivity contribution in [1.82, 2.24) is 9.97 Å². The molecule has 3 aromatic heterocycles. The Morgan fingerprint density at radius 1 is 1.25 bits per heavy atom. The molecule has 0 saturated heterocycles. The molecule has 4 aromatic rings.